The monoisotopic (exact) mass is 445 g/mol. The van der Waals surface area contributed by atoms with Crippen molar-refractivity contribution in [3.8, 4) is 0 Å². The molecule has 1 rings (SSSR count). The van der Waals surface area contributed by atoms with Gasteiger partial charge in [0.25, 0.3) is 0 Å². The van der Waals surface area contributed by atoms with Crippen LogP contribution in [0.2, 0.25) is 0 Å². The van der Waals surface area contributed by atoms with Gasteiger partial charge in [-0.3, -0.25) is 19.2 Å². The third kappa shape index (κ3) is 7.82. The van der Waals surface area contributed by atoms with Gasteiger partial charge >= 0.3 is 5.97 Å². The number of carbonyl (C=O) groups is 5. The molecule has 4 amide bonds. The number of carboxylic acids is 1. The van der Waals surface area contributed by atoms with Gasteiger partial charge in [-0.2, -0.15) is 11.8 Å². The van der Waals surface area contributed by atoms with Crippen molar-refractivity contribution in [2.24, 2.45) is 11.5 Å². The predicted octanol–water partition coefficient (Wildman–Crippen LogP) is -1.60. The standard InChI is InChI=1S/C18H31N5O6S/c1-10(19)15(25)21-11(5-6-14(20)24)16(26)22-12(7-9-30-2)17(27)23-8-3-4-13(23)18(28)29/h10-13H,3-9,19H2,1-2H3,(H2,20,24)(H,21,25)(H,22,26)(H,28,29). The number of aliphatic carboxylic acids is 1. The molecule has 11 nitrogen and oxygen atoms in total. The number of nitrogens with one attached hydrogen (secondary N) is 2. The summed E-state index contributed by atoms with van der Waals surface area (Å²) in [4.78, 5) is 61.6. The topological polar surface area (TPSA) is 185 Å². The Balaban J connectivity index is 2.96. The van der Waals surface area contributed by atoms with Gasteiger partial charge in [0.1, 0.15) is 18.1 Å². The highest BCUT2D eigenvalue weighted by Crippen LogP contribution is 2.19. The molecular weight excluding hydrogens is 414 g/mol. The van der Waals surface area contributed by atoms with Crippen molar-refractivity contribution in [1.82, 2.24) is 15.5 Å². The molecule has 0 aromatic heterocycles. The molecule has 30 heavy (non-hydrogen) atoms. The number of rotatable bonds is 12. The van der Waals surface area contributed by atoms with Crippen molar-refractivity contribution in [2.45, 2.75) is 63.2 Å². The second kappa shape index (κ2) is 12.4. The van der Waals surface area contributed by atoms with Gasteiger partial charge in [0.2, 0.25) is 23.6 Å². The number of nitrogens with zero attached hydrogens (tertiary/aromatic N) is 1. The summed E-state index contributed by atoms with van der Waals surface area (Å²) in [6, 6.07) is -3.85. The number of nitrogens with two attached hydrogens (primary N) is 2. The molecule has 0 spiro atoms. The van der Waals surface area contributed by atoms with Gasteiger partial charge in [0.15, 0.2) is 0 Å². The zero-order valence-electron chi connectivity index (χ0n) is 17.3. The van der Waals surface area contributed by atoms with Crippen LogP contribution in [-0.4, -0.2) is 82.3 Å². The van der Waals surface area contributed by atoms with E-state index in [0.29, 0.717) is 31.6 Å². The number of likely N-dealkylation sites (tertiary alicyclic amines) is 1. The number of thioether (sulfide) groups is 1. The largest absolute Gasteiger partial charge is 0.480 e. The van der Waals surface area contributed by atoms with E-state index in [-0.39, 0.29) is 12.8 Å². The molecule has 170 valence electrons. The lowest BCUT2D eigenvalue weighted by Crippen LogP contribution is -2.57. The van der Waals surface area contributed by atoms with Crippen molar-refractivity contribution >= 4 is 41.4 Å². The molecule has 1 fully saturated rings. The summed E-state index contributed by atoms with van der Waals surface area (Å²) in [6.07, 6.45) is 2.86. The van der Waals surface area contributed by atoms with Crippen LogP contribution in [0, 0.1) is 0 Å². The Morgan fingerprint density at radius 3 is 2.30 bits per heavy atom. The summed E-state index contributed by atoms with van der Waals surface area (Å²) >= 11 is 1.48. The van der Waals surface area contributed by atoms with Crippen molar-refractivity contribution in [3.05, 3.63) is 0 Å². The second-order valence-electron chi connectivity index (χ2n) is 7.23. The number of carbonyl (C=O) groups excluding carboxylic acids is 4. The number of hydrogen-bond acceptors (Lipinski definition) is 7. The molecule has 1 heterocycles. The number of carboxylic acid groups (broad SMARTS) is 1. The van der Waals surface area contributed by atoms with Crippen molar-refractivity contribution in [1.29, 1.82) is 0 Å². The first-order chi connectivity index (χ1) is 14.1. The average molecular weight is 446 g/mol. The van der Waals surface area contributed by atoms with E-state index in [0.717, 1.165) is 0 Å². The number of hydrogen-bond donors (Lipinski definition) is 5. The minimum Gasteiger partial charge on any atom is -0.480 e. The molecule has 1 saturated heterocycles. The van der Waals surface area contributed by atoms with Gasteiger partial charge in [-0.15, -0.1) is 0 Å². The molecule has 0 aromatic carbocycles. The lowest BCUT2D eigenvalue weighted by Gasteiger charge is -2.28. The maximum absolute atomic E-state index is 13.0. The molecule has 0 saturated carbocycles. The van der Waals surface area contributed by atoms with E-state index in [1.807, 2.05) is 6.26 Å². The molecule has 0 aromatic rings. The summed E-state index contributed by atoms with van der Waals surface area (Å²) < 4.78 is 0. The van der Waals surface area contributed by atoms with Crippen LogP contribution in [0.5, 0.6) is 0 Å². The second-order valence-corrected chi connectivity index (χ2v) is 8.21. The van der Waals surface area contributed by atoms with Crippen molar-refractivity contribution in [3.63, 3.8) is 0 Å². The first-order valence-electron chi connectivity index (χ1n) is 9.75. The molecule has 4 atom stereocenters. The highest BCUT2D eigenvalue weighted by Gasteiger charge is 2.38. The zero-order valence-corrected chi connectivity index (χ0v) is 18.1. The molecule has 12 heteroatoms. The SMILES string of the molecule is CSCCC(NC(=O)C(CCC(N)=O)NC(=O)C(C)N)C(=O)N1CCCC1C(=O)O. The first-order valence-corrected chi connectivity index (χ1v) is 11.1. The first kappa shape index (κ1) is 25.7. The van der Waals surface area contributed by atoms with Gasteiger partial charge < -0.3 is 32.1 Å². The third-order valence-electron chi connectivity index (χ3n) is 4.77. The lowest BCUT2D eigenvalue weighted by molar-refractivity contribution is -0.149. The van der Waals surface area contributed by atoms with Crippen LogP contribution in [-0.2, 0) is 24.0 Å². The smallest absolute Gasteiger partial charge is 0.326 e. The van der Waals surface area contributed by atoms with E-state index in [2.05, 4.69) is 10.6 Å². The summed E-state index contributed by atoms with van der Waals surface area (Å²) in [6.45, 7) is 1.75. The summed E-state index contributed by atoms with van der Waals surface area (Å²) in [7, 11) is 0. The molecule has 4 unspecified atom stereocenters. The van der Waals surface area contributed by atoms with Crippen LogP contribution in [0.3, 0.4) is 0 Å². The number of amides is 4. The summed E-state index contributed by atoms with van der Waals surface area (Å²) in [5.74, 6) is -2.89. The fourth-order valence-electron chi connectivity index (χ4n) is 3.11. The van der Waals surface area contributed by atoms with Gasteiger partial charge in [-0.25, -0.2) is 4.79 Å². The Morgan fingerprint density at radius 2 is 1.77 bits per heavy atom. The number of primary amides is 1. The molecule has 1 aliphatic heterocycles. The molecule has 0 bridgehead atoms. The molecule has 0 aliphatic carbocycles. The highest BCUT2D eigenvalue weighted by atomic mass is 32.2. The molecule has 7 N–H and O–H groups in total. The van der Waals surface area contributed by atoms with E-state index in [1.54, 1.807) is 0 Å². The van der Waals surface area contributed by atoms with Crippen LogP contribution in [0.15, 0.2) is 0 Å². The fraction of sp³-hybridized carbons (Fsp3) is 0.722. The van der Waals surface area contributed by atoms with Crippen molar-refractivity contribution < 1.29 is 29.1 Å². The lowest BCUT2D eigenvalue weighted by atomic mass is 10.1. The van der Waals surface area contributed by atoms with E-state index < -0.39 is 53.8 Å². The Bertz CT molecular complexity index is 659. The van der Waals surface area contributed by atoms with E-state index >= 15 is 0 Å². The normalized spacial score (nSPS) is 18.9. The van der Waals surface area contributed by atoms with Crippen molar-refractivity contribution in [2.75, 3.05) is 18.6 Å². The van der Waals surface area contributed by atoms with Gasteiger partial charge in [0.05, 0.1) is 6.04 Å². The quantitative estimate of drug-likeness (QED) is 0.238. The average Bonchev–Trinajstić information content (AvgIpc) is 3.17. The Morgan fingerprint density at radius 1 is 1.13 bits per heavy atom. The Hall–Kier alpha value is -2.34. The van der Waals surface area contributed by atoms with Crippen LogP contribution in [0.1, 0.15) is 39.0 Å². The van der Waals surface area contributed by atoms with Gasteiger partial charge in [-0.05, 0) is 44.6 Å². The van der Waals surface area contributed by atoms with Crippen LogP contribution in [0.4, 0.5) is 0 Å². The Labute approximate surface area is 179 Å². The maximum Gasteiger partial charge on any atom is 0.326 e. The zero-order chi connectivity index (χ0) is 22.8. The van der Waals surface area contributed by atoms with E-state index in [4.69, 9.17) is 11.5 Å². The Kier molecular flexibility index (Phi) is 10.6. The third-order valence-corrected chi connectivity index (χ3v) is 5.42. The van der Waals surface area contributed by atoms with Gasteiger partial charge in [-0.1, -0.05) is 0 Å². The van der Waals surface area contributed by atoms with Crippen LogP contribution < -0.4 is 22.1 Å². The molecular formula is C18H31N5O6S. The maximum atomic E-state index is 13.0. The predicted molar refractivity (Wildman–Crippen MR) is 111 cm³/mol. The minimum absolute atomic E-state index is 0.0511. The summed E-state index contributed by atoms with van der Waals surface area (Å²) in [5.41, 5.74) is 10.7. The molecule has 1 aliphatic rings. The minimum atomic E-state index is -1.10. The molecule has 0 radical (unpaired) electrons. The van der Waals surface area contributed by atoms with Crippen LogP contribution in [0.25, 0.3) is 0 Å². The summed E-state index contributed by atoms with van der Waals surface area (Å²) in [5, 5.41) is 14.4. The van der Waals surface area contributed by atoms with Gasteiger partial charge in [0, 0.05) is 13.0 Å². The van der Waals surface area contributed by atoms with E-state index in [1.165, 1.54) is 23.6 Å². The van der Waals surface area contributed by atoms with E-state index in [9.17, 15) is 29.1 Å². The highest BCUT2D eigenvalue weighted by molar-refractivity contribution is 7.98. The fourth-order valence-corrected chi connectivity index (χ4v) is 3.58. The van der Waals surface area contributed by atoms with Crippen LogP contribution >= 0.6 is 11.8 Å².